The van der Waals surface area contributed by atoms with Crippen molar-refractivity contribution in [1.82, 2.24) is 0 Å². The molecule has 0 unspecified atom stereocenters. The summed E-state index contributed by atoms with van der Waals surface area (Å²) in [5.41, 5.74) is 2.62. The van der Waals surface area contributed by atoms with Gasteiger partial charge in [0.25, 0.3) is 0 Å². The molecule has 0 rings (SSSR count). The van der Waals surface area contributed by atoms with Gasteiger partial charge in [-0.15, -0.1) is 0 Å². The van der Waals surface area contributed by atoms with Gasteiger partial charge in [-0.3, -0.25) is 0 Å². The zero-order chi connectivity index (χ0) is 11.5. The summed E-state index contributed by atoms with van der Waals surface area (Å²) in [5.74, 6) is 0. The van der Waals surface area contributed by atoms with Crippen molar-refractivity contribution in [3.05, 3.63) is 66.2 Å². The Bertz CT molecular complexity index is 288. The molecular formula is C15H21+. The fourth-order valence-corrected chi connectivity index (χ4v) is 0.817. The minimum Gasteiger partial charge on any atom is -0.0764 e. The first kappa shape index (κ1) is 13.6. The minimum absolute atomic E-state index is 1.31. The minimum atomic E-state index is 1.31. The van der Waals surface area contributed by atoms with Gasteiger partial charge in [0.2, 0.25) is 0 Å². The van der Waals surface area contributed by atoms with Crippen LogP contribution in [0.1, 0.15) is 27.7 Å². The summed E-state index contributed by atoms with van der Waals surface area (Å²) in [6.07, 6.45) is 18.4. The van der Waals surface area contributed by atoms with E-state index in [1.165, 1.54) is 11.1 Å². The Morgan fingerprint density at radius 1 is 0.667 bits per heavy atom. The van der Waals surface area contributed by atoms with Gasteiger partial charge in [0.1, 0.15) is 0 Å². The van der Waals surface area contributed by atoms with Gasteiger partial charge in [-0.25, -0.2) is 0 Å². The molecule has 0 atom stereocenters. The summed E-state index contributed by atoms with van der Waals surface area (Å²) in [6.45, 7) is 8.34. The third kappa shape index (κ3) is 12.6. The molecule has 15 heavy (non-hydrogen) atoms. The molecular weight excluding hydrogens is 180 g/mol. The van der Waals surface area contributed by atoms with Crippen LogP contribution in [-0.2, 0) is 0 Å². The lowest BCUT2D eigenvalue weighted by atomic mass is 10.2. The fourth-order valence-electron chi connectivity index (χ4n) is 0.817. The average molecular weight is 201 g/mol. The highest BCUT2D eigenvalue weighted by Crippen LogP contribution is 1.92. The van der Waals surface area contributed by atoms with Crippen molar-refractivity contribution in [3.63, 3.8) is 0 Å². The molecule has 0 saturated heterocycles. The van der Waals surface area contributed by atoms with E-state index in [0.717, 1.165) is 0 Å². The van der Waals surface area contributed by atoms with E-state index in [0.29, 0.717) is 0 Å². The standard InChI is InChI=1S/C15H21/c1-14(2)12-10-8-6-5-7-9-11-13-15(3)4/h5-13H,1-4H3/q+1/b6-5+,10-8+,11-9+. The zero-order valence-electron chi connectivity index (χ0n) is 10.2. The van der Waals surface area contributed by atoms with Gasteiger partial charge in [0, 0.05) is 30.7 Å². The van der Waals surface area contributed by atoms with Crippen LogP contribution in [0.2, 0.25) is 0 Å². The monoisotopic (exact) mass is 201 g/mol. The molecule has 0 radical (unpaired) electrons. The first-order valence-electron chi connectivity index (χ1n) is 5.24. The van der Waals surface area contributed by atoms with Crippen molar-refractivity contribution in [2.24, 2.45) is 0 Å². The van der Waals surface area contributed by atoms with Crippen molar-refractivity contribution in [3.8, 4) is 0 Å². The van der Waals surface area contributed by atoms with Crippen LogP contribution in [0.25, 0.3) is 0 Å². The summed E-state index contributed by atoms with van der Waals surface area (Å²) in [5, 5.41) is 0. The van der Waals surface area contributed by atoms with Crippen LogP contribution >= 0.6 is 0 Å². The van der Waals surface area contributed by atoms with Crippen molar-refractivity contribution in [1.29, 1.82) is 0 Å². The van der Waals surface area contributed by atoms with Crippen LogP contribution < -0.4 is 0 Å². The molecule has 0 aliphatic carbocycles. The maximum absolute atomic E-state index is 2.09. The highest BCUT2D eigenvalue weighted by Gasteiger charge is 1.78. The molecule has 0 heteroatoms. The summed E-state index contributed by atoms with van der Waals surface area (Å²) >= 11 is 0. The Hall–Kier alpha value is -1.43. The summed E-state index contributed by atoms with van der Waals surface area (Å²) < 4.78 is 0. The van der Waals surface area contributed by atoms with Crippen molar-refractivity contribution >= 4 is 0 Å². The van der Waals surface area contributed by atoms with Crippen LogP contribution in [0, 0.1) is 6.42 Å². The van der Waals surface area contributed by atoms with Gasteiger partial charge >= 0.3 is 0 Å². The molecule has 0 nitrogen and oxygen atoms in total. The van der Waals surface area contributed by atoms with Crippen LogP contribution in [0.5, 0.6) is 0 Å². The van der Waals surface area contributed by atoms with E-state index in [9.17, 15) is 0 Å². The van der Waals surface area contributed by atoms with Gasteiger partial charge in [-0.05, 0) is 45.9 Å². The predicted molar refractivity (Wildman–Crippen MR) is 70.6 cm³/mol. The van der Waals surface area contributed by atoms with Crippen LogP contribution in [0.3, 0.4) is 0 Å². The van der Waals surface area contributed by atoms with E-state index in [1.54, 1.807) is 0 Å². The molecule has 0 amide bonds. The fraction of sp³-hybridized carbons (Fsp3) is 0.267. The summed E-state index contributed by atoms with van der Waals surface area (Å²) in [6, 6.07) is 0. The van der Waals surface area contributed by atoms with Gasteiger partial charge in [0.15, 0.2) is 0 Å². The summed E-state index contributed by atoms with van der Waals surface area (Å²) in [4.78, 5) is 0. The maximum atomic E-state index is 2.09. The number of allylic oxidation sites excluding steroid dienone is 10. The van der Waals surface area contributed by atoms with E-state index in [-0.39, 0.29) is 0 Å². The number of hydrogen-bond acceptors (Lipinski definition) is 0. The Labute approximate surface area is 94.4 Å². The van der Waals surface area contributed by atoms with E-state index in [4.69, 9.17) is 0 Å². The first-order valence-corrected chi connectivity index (χ1v) is 5.24. The van der Waals surface area contributed by atoms with E-state index < -0.39 is 0 Å². The maximum Gasteiger partial charge on any atom is 0.0466 e. The lowest BCUT2D eigenvalue weighted by Gasteiger charge is -1.79. The molecule has 0 fully saturated rings. The largest absolute Gasteiger partial charge is 0.0764 e. The second-order valence-electron chi connectivity index (χ2n) is 3.84. The molecule has 0 saturated carbocycles. The topological polar surface area (TPSA) is 0 Å². The van der Waals surface area contributed by atoms with Crippen LogP contribution in [0.4, 0.5) is 0 Å². The van der Waals surface area contributed by atoms with E-state index >= 15 is 0 Å². The van der Waals surface area contributed by atoms with Gasteiger partial charge in [-0.1, -0.05) is 17.2 Å². The van der Waals surface area contributed by atoms with Gasteiger partial charge < -0.3 is 0 Å². The van der Waals surface area contributed by atoms with Gasteiger partial charge in [-0.2, -0.15) is 0 Å². The first-order chi connectivity index (χ1) is 7.13. The Morgan fingerprint density at radius 2 is 1.20 bits per heavy atom. The Balaban J connectivity index is 3.73. The number of rotatable bonds is 5. The third-order valence-corrected chi connectivity index (χ3v) is 1.53. The molecule has 0 heterocycles. The second kappa shape index (κ2) is 9.14. The van der Waals surface area contributed by atoms with Gasteiger partial charge in [0.05, 0.1) is 0 Å². The third-order valence-electron chi connectivity index (χ3n) is 1.53. The molecule has 0 aliphatic heterocycles. The number of hydrogen-bond donors (Lipinski definition) is 0. The predicted octanol–water partition coefficient (Wildman–Crippen LogP) is 4.79. The summed E-state index contributed by atoms with van der Waals surface area (Å²) in [7, 11) is 0. The SMILES string of the molecule is CC(C)=C/C=C/C=C/[CH+]/C=C/C=C(C)C. The lowest BCUT2D eigenvalue weighted by Crippen LogP contribution is -1.62. The van der Waals surface area contributed by atoms with Crippen molar-refractivity contribution in [2.75, 3.05) is 0 Å². The van der Waals surface area contributed by atoms with Crippen LogP contribution in [-0.4, -0.2) is 0 Å². The highest BCUT2D eigenvalue weighted by molar-refractivity contribution is 5.20. The quantitative estimate of drug-likeness (QED) is 0.443. The zero-order valence-corrected chi connectivity index (χ0v) is 10.2. The normalized spacial score (nSPS) is 11.2. The molecule has 0 N–H and O–H groups in total. The second-order valence-corrected chi connectivity index (χ2v) is 3.84. The van der Waals surface area contributed by atoms with Crippen molar-refractivity contribution in [2.45, 2.75) is 27.7 Å². The molecule has 0 aliphatic rings. The molecule has 0 aromatic carbocycles. The average Bonchev–Trinajstić information content (AvgIpc) is 2.14. The molecule has 80 valence electrons. The van der Waals surface area contributed by atoms with E-state index in [1.807, 2.05) is 42.9 Å². The smallest absolute Gasteiger partial charge is 0.0466 e. The van der Waals surface area contributed by atoms with E-state index in [2.05, 4.69) is 39.8 Å². The molecule has 0 aromatic heterocycles. The Kier molecular flexibility index (Phi) is 8.27. The molecule has 0 spiro atoms. The van der Waals surface area contributed by atoms with Crippen molar-refractivity contribution < 1.29 is 0 Å². The van der Waals surface area contributed by atoms with Crippen LogP contribution in [0.15, 0.2) is 59.8 Å². The Morgan fingerprint density at radius 3 is 1.80 bits per heavy atom. The lowest BCUT2D eigenvalue weighted by molar-refractivity contribution is 1.39. The molecule has 0 aromatic rings. The molecule has 0 bridgehead atoms. The highest BCUT2D eigenvalue weighted by atomic mass is 13.8.